The van der Waals surface area contributed by atoms with E-state index in [2.05, 4.69) is 5.73 Å². The van der Waals surface area contributed by atoms with Crippen LogP contribution in [-0.4, -0.2) is 17.9 Å². The van der Waals surface area contributed by atoms with Crippen molar-refractivity contribution in [3.05, 3.63) is 0 Å². The van der Waals surface area contributed by atoms with Gasteiger partial charge in [-0.05, 0) is 6.26 Å². The Morgan fingerprint density at radius 3 is 2.50 bits per heavy atom. The predicted octanol–water partition coefficient (Wildman–Crippen LogP) is -0.882. The first kappa shape index (κ1) is 5.98. The molecule has 0 fully saturated rings. The fourth-order valence-electron chi connectivity index (χ4n) is 0.102. The standard InChI is InChI=1S/C3H7NOS/c1-6-3(5)2-4/h2,4H2,1H3/p+1. The van der Waals surface area contributed by atoms with E-state index in [0.29, 0.717) is 6.54 Å². The quantitative estimate of drug-likeness (QED) is 0.471. The van der Waals surface area contributed by atoms with Crippen LogP contribution in [0.3, 0.4) is 0 Å². The summed E-state index contributed by atoms with van der Waals surface area (Å²) in [6, 6.07) is 0. The summed E-state index contributed by atoms with van der Waals surface area (Å²) in [6.07, 6.45) is 1.76. The van der Waals surface area contributed by atoms with Gasteiger partial charge in [-0.3, -0.25) is 4.79 Å². The Bertz CT molecular complexity index is 48.8. The number of hydrogen-bond donors (Lipinski definition) is 1. The van der Waals surface area contributed by atoms with Gasteiger partial charge in [-0.1, -0.05) is 11.8 Å². The summed E-state index contributed by atoms with van der Waals surface area (Å²) < 4.78 is 0. The molecule has 0 heterocycles. The van der Waals surface area contributed by atoms with Crippen molar-refractivity contribution >= 4 is 16.9 Å². The molecule has 0 saturated heterocycles. The Hall–Kier alpha value is -0.0200. The molecule has 3 N–H and O–H groups in total. The fraction of sp³-hybridized carbons (Fsp3) is 0.667. The second kappa shape index (κ2) is 3.18. The highest BCUT2D eigenvalue weighted by Gasteiger charge is 1.91. The van der Waals surface area contributed by atoms with Crippen LogP contribution in [0.5, 0.6) is 0 Å². The van der Waals surface area contributed by atoms with Gasteiger partial charge in [-0.25, -0.2) is 0 Å². The Labute approximate surface area is 41.1 Å². The van der Waals surface area contributed by atoms with Gasteiger partial charge in [0.15, 0.2) is 0 Å². The van der Waals surface area contributed by atoms with E-state index in [-0.39, 0.29) is 5.12 Å². The minimum absolute atomic E-state index is 0.148. The van der Waals surface area contributed by atoms with Crippen molar-refractivity contribution in [3.63, 3.8) is 0 Å². The summed E-state index contributed by atoms with van der Waals surface area (Å²) in [5, 5.41) is 0.148. The third-order valence-electron chi connectivity index (χ3n) is 0.432. The SMILES string of the molecule is CSC(=O)C[NH3+]. The normalized spacial score (nSPS) is 8.33. The number of rotatable bonds is 1. The third-order valence-corrected chi connectivity index (χ3v) is 1.09. The zero-order valence-corrected chi connectivity index (χ0v) is 4.55. The maximum Gasteiger partial charge on any atom is 0.242 e. The smallest absolute Gasteiger partial charge is 0.242 e. The van der Waals surface area contributed by atoms with Gasteiger partial charge in [0.25, 0.3) is 0 Å². The molecule has 0 aromatic rings. The van der Waals surface area contributed by atoms with Gasteiger partial charge in [0.2, 0.25) is 5.12 Å². The van der Waals surface area contributed by atoms with Gasteiger partial charge in [-0.2, -0.15) is 0 Å². The van der Waals surface area contributed by atoms with E-state index in [1.54, 1.807) is 6.26 Å². The second-order valence-electron chi connectivity index (χ2n) is 0.826. The second-order valence-corrected chi connectivity index (χ2v) is 1.69. The van der Waals surface area contributed by atoms with Crippen molar-refractivity contribution in [2.45, 2.75) is 0 Å². The minimum atomic E-state index is 0.148. The van der Waals surface area contributed by atoms with E-state index in [9.17, 15) is 4.79 Å². The molecule has 36 valence electrons. The Morgan fingerprint density at radius 2 is 2.50 bits per heavy atom. The van der Waals surface area contributed by atoms with Crippen molar-refractivity contribution in [1.82, 2.24) is 0 Å². The van der Waals surface area contributed by atoms with Crippen LogP contribution < -0.4 is 5.73 Å². The van der Waals surface area contributed by atoms with E-state index in [1.807, 2.05) is 0 Å². The number of carbonyl (C=O) groups is 1. The molecule has 3 heteroatoms. The molecular formula is C3H8NOS+. The molecule has 0 rings (SSSR count). The lowest BCUT2D eigenvalue weighted by atomic mass is 10.8. The first-order chi connectivity index (χ1) is 2.81. The van der Waals surface area contributed by atoms with Crippen molar-refractivity contribution in [2.75, 3.05) is 12.8 Å². The minimum Gasteiger partial charge on any atom is -0.351 e. The molecule has 0 atom stereocenters. The number of carbonyl (C=O) groups excluding carboxylic acids is 1. The molecular weight excluding hydrogens is 98.1 g/mol. The number of hydrogen-bond acceptors (Lipinski definition) is 2. The zero-order chi connectivity index (χ0) is 4.99. The monoisotopic (exact) mass is 106 g/mol. The van der Waals surface area contributed by atoms with E-state index in [1.165, 1.54) is 11.8 Å². The van der Waals surface area contributed by atoms with Crippen molar-refractivity contribution in [3.8, 4) is 0 Å². The molecule has 0 aliphatic carbocycles. The lowest BCUT2D eigenvalue weighted by molar-refractivity contribution is -0.352. The van der Waals surface area contributed by atoms with Gasteiger partial charge in [0, 0.05) is 0 Å². The van der Waals surface area contributed by atoms with E-state index < -0.39 is 0 Å². The average molecular weight is 106 g/mol. The summed E-state index contributed by atoms with van der Waals surface area (Å²) in [6.45, 7) is 0.404. The van der Waals surface area contributed by atoms with Gasteiger partial charge in [0.05, 0.1) is 0 Å². The highest BCUT2D eigenvalue weighted by atomic mass is 32.2. The summed E-state index contributed by atoms with van der Waals surface area (Å²) in [5.41, 5.74) is 3.39. The van der Waals surface area contributed by atoms with E-state index >= 15 is 0 Å². The van der Waals surface area contributed by atoms with Crippen LogP contribution in [0.1, 0.15) is 0 Å². The summed E-state index contributed by atoms with van der Waals surface area (Å²) in [7, 11) is 0. The largest absolute Gasteiger partial charge is 0.351 e. The molecule has 0 spiro atoms. The molecule has 0 aliphatic rings. The molecule has 0 aromatic heterocycles. The van der Waals surface area contributed by atoms with Crippen LogP contribution >= 0.6 is 11.8 Å². The van der Waals surface area contributed by atoms with Gasteiger partial charge in [-0.15, -0.1) is 0 Å². The van der Waals surface area contributed by atoms with Crippen LogP contribution in [0, 0.1) is 0 Å². The Kier molecular flexibility index (Phi) is 3.17. The predicted molar refractivity (Wildman–Crippen MR) is 26.3 cm³/mol. The highest BCUT2D eigenvalue weighted by Crippen LogP contribution is 1.87. The molecule has 6 heavy (non-hydrogen) atoms. The van der Waals surface area contributed by atoms with Crippen molar-refractivity contribution in [1.29, 1.82) is 0 Å². The van der Waals surface area contributed by atoms with Crippen LogP contribution in [0.2, 0.25) is 0 Å². The maximum absolute atomic E-state index is 10.1. The van der Waals surface area contributed by atoms with Gasteiger partial charge < -0.3 is 5.73 Å². The first-order valence-electron chi connectivity index (χ1n) is 1.67. The molecule has 0 saturated carbocycles. The average Bonchev–Trinajstić information content (AvgIpc) is 1.65. The van der Waals surface area contributed by atoms with E-state index in [0.717, 1.165) is 0 Å². The fourth-order valence-corrected chi connectivity index (χ4v) is 0.306. The summed E-state index contributed by atoms with van der Waals surface area (Å²) >= 11 is 1.22. The number of thioether (sulfide) groups is 1. The summed E-state index contributed by atoms with van der Waals surface area (Å²) in [5.74, 6) is 0. The number of quaternary nitrogens is 1. The van der Waals surface area contributed by atoms with Crippen LogP contribution in [0.4, 0.5) is 0 Å². The van der Waals surface area contributed by atoms with Crippen molar-refractivity contribution < 1.29 is 10.5 Å². The molecule has 0 aliphatic heterocycles. The maximum atomic E-state index is 10.1. The molecule has 0 unspecified atom stereocenters. The first-order valence-corrected chi connectivity index (χ1v) is 2.89. The van der Waals surface area contributed by atoms with Crippen LogP contribution in [-0.2, 0) is 4.79 Å². The lowest BCUT2D eigenvalue weighted by Gasteiger charge is -1.78. The molecule has 0 aromatic carbocycles. The molecule has 0 amide bonds. The molecule has 0 bridgehead atoms. The molecule has 0 radical (unpaired) electrons. The van der Waals surface area contributed by atoms with Crippen molar-refractivity contribution in [2.24, 2.45) is 0 Å². The van der Waals surface area contributed by atoms with Crippen LogP contribution in [0.25, 0.3) is 0 Å². The highest BCUT2D eigenvalue weighted by molar-refractivity contribution is 8.13. The Balaban J connectivity index is 2.99. The lowest BCUT2D eigenvalue weighted by Crippen LogP contribution is -2.53. The third kappa shape index (κ3) is 2.23. The topological polar surface area (TPSA) is 44.7 Å². The molecule has 2 nitrogen and oxygen atoms in total. The summed E-state index contributed by atoms with van der Waals surface area (Å²) in [4.78, 5) is 10.1. The van der Waals surface area contributed by atoms with Crippen LogP contribution in [0.15, 0.2) is 0 Å². The zero-order valence-electron chi connectivity index (χ0n) is 3.73. The van der Waals surface area contributed by atoms with E-state index in [4.69, 9.17) is 0 Å². The Morgan fingerprint density at radius 1 is 2.00 bits per heavy atom. The van der Waals surface area contributed by atoms with Gasteiger partial charge >= 0.3 is 0 Å². The van der Waals surface area contributed by atoms with Gasteiger partial charge in [0.1, 0.15) is 6.54 Å².